The molecule has 0 atom stereocenters. The zero-order valence-corrected chi connectivity index (χ0v) is 11.0. The minimum atomic E-state index is -0.379. The third kappa shape index (κ3) is 3.20. The fourth-order valence-corrected chi connectivity index (χ4v) is 1.92. The van der Waals surface area contributed by atoms with E-state index in [1.807, 2.05) is 6.07 Å². The lowest BCUT2D eigenvalue weighted by molar-refractivity contribution is -0.385. The zero-order valence-electron chi connectivity index (χ0n) is 10.3. The van der Waals surface area contributed by atoms with Gasteiger partial charge < -0.3 is 5.32 Å². The van der Waals surface area contributed by atoms with Crippen molar-refractivity contribution in [3.63, 3.8) is 0 Å². The van der Waals surface area contributed by atoms with Crippen molar-refractivity contribution >= 4 is 23.1 Å². The van der Waals surface area contributed by atoms with Gasteiger partial charge in [-0.25, -0.2) is 4.98 Å². The van der Waals surface area contributed by atoms with Crippen LogP contribution in [0.5, 0.6) is 0 Å². The van der Waals surface area contributed by atoms with E-state index in [1.165, 1.54) is 6.07 Å². The molecule has 0 amide bonds. The minimum Gasteiger partial charge on any atom is -0.366 e. The Balaban J connectivity index is 2.16. The Morgan fingerprint density at radius 2 is 2.05 bits per heavy atom. The first-order valence-electron chi connectivity index (χ1n) is 5.67. The van der Waals surface area contributed by atoms with E-state index in [9.17, 15) is 10.1 Å². The number of pyridine rings is 1. The van der Waals surface area contributed by atoms with Crippen molar-refractivity contribution < 1.29 is 4.92 Å². The SMILES string of the molecule is Cc1c(CNc2cccc(Cl)n2)cccc1[N+](=O)[O-]. The number of aromatic nitrogens is 1. The minimum absolute atomic E-state index is 0.123. The van der Waals surface area contributed by atoms with E-state index in [0.717, 1.165) is 5.56 Å². The first-order chi connectivity index (χ1) is 9.08. The molecule has 6 heteroatoms. The average Bonchev–Trinajstić information content (AvgIpc) is 2.37. The van der Waals surface area contributed by atoms with Crippen LogP contribution in [0.15, 0.2) is 36.4 Å². The van der Waals surface area contributed by atoms with Gasteiger partial charge in [-0.1, -0.05) is 29.8 Å². The molecule has 0 saturated carbocycles. The Morgan fingerprint density at radius 1 is 1.32 bits per heavy atom. The molecular weight excluding hydrogens is 266 g/mol. The predicted molar refractivity (Wildman–Crippen MR) is 74.4 cm³/mol. The van der Waals surface area contributed by atoms with E-state index in [2.05, 4.69) is 10.3 Å². The number of halogens is 1. The van der Waals surface area contributed by atoms with Crippen molar-refractivity contribution in [1.82, 2.24) is 4.98 Å². The van der Waals surface area contributed by atoms with Crippen LogP contribution in [0, 0.1) is 17.0 Å². The fourth-order valence-electron chi connectivity index (χ4n) is 1.75. The molecule has 5 nitrogen and oxygen atoms in total. The Hall–Kier alpha value is -2.14. The lowest BCUT2D eigenvalue weighted by atomic mass is 10.1. The Labute approximate surface area is 115 Å². The van der Waals surface area contributed by atoms with Crippen molar-refractivity contribution in [3.05, 3.63) is 62.8 Å². The van der Waals surface area contributed by atoms with Gasteiger partial charge in [0.2, 0.25) is 0 Å². The molecule has 0 fully saturated rings. The van der Waals surface area contributed by atoms with Crippen LogP contribution in [0.4, 0.5) is 11.5 Å². The second kappa shape index (κ2) is 5.67. The normalized spacial score (nSPS) is 10.2. The molecule has 2 rings (SSSR count). The summed E-state index contributed by atoms with van der Waals surface area (Å²) in [5.41, 5.74) is 1.64. The number of anilines is 1. The average molecular weight is 278 g/mol. The summed E-state index contributed by atoms with van der Waals surface area (Å²) in [6.45, 7) is 2.20. The fraction of sp³-hybridized carbons (Fsp3) is 0.154. The van der Waals surface area contributed by atoms with Crippen LogP contribution in [0.3, 0.4) is 0 Å². The van der Waals surface area contributed by atoms with E-state index in [1.54, 1.807) is 31.2 Å². The predicted octanol–water partition coefficient (Wildman–Crippen LogP) is 3.56. The van der Waals surface area contributed by atoms with Crippen LogP contribution in [0.2, 0.25) is 5.15 Å². The molecule has 0 spiro atoms. The number of benzene rings is 1. The summed E-state index contributed by atoms with van der Waals surface area (Å²) in [7, 11) is 0. The summed E-state index contributed by atoms with van der Waals surface area (Å²) < 4.78 is 0. The maximum absolute atomic E-state index is 10.8. The van der Waals surface area contributed by atoms with Crippen LogP contribution >= 0.6 is 11.6 Å². The van der Waals surface area contributed by atoms with Crippen LogP contribution in [0.25, 0.3) is 0 Å². The van der Waals surface area contributed by atoms with Gasteiger partial charge in [0, 0.05) is 18.2 Å². The molecule has 1 aromatic carbocycles. The van der Waals surface area contributed by atoms with E-state index >= 15 is 0 Å². The quantitative estimate of drug-likeness (QED) is 0.527. The van der Waals surface area contributed by atoms with Crippen LogP contribution in [0.1, 0.15) is 11.1 Å². The molecule has 2 aromatic rings. The molecule has 0 bridgehead atoms. The van der Waals surface area contributed by atoms with Crippen LogP contribution < -0.4 is 5.32 Å². The molecule has 1 N–H and O–H groups in total. The van der Waals surface area contributed by atoms with Gasteiger partial charge in [-0.15, -0.1) is 0 Å². The van der Waals surface area contributed by atoms with E-state index in [4.69, 9.17) is 11.6 Å². The van der Waals surface area contributed by atoms with Gasteiger partial charge >= 0.3 is 0 Å². The summed E-state index contributed by atoms with van der Waals surface area (Å²) in [5, 5.41) is 14.3. The van der Waals surface area contributed by atoms with E-state index in [-0.39, 0.29) is 10.6 Å². The monoisotopic (exact) mass is 277 g/mol. The summed E-state index contributed by atoms with van der Waals surface area (Å²) in [4.78, 5) is 14.6. The largest absolute Gasteiger partial charge is 0.366 e. The highest BCUT2D eigenvalue weighted by molar-refractivity contribution is 6.29. The number of nitrogens with one attached hydrogen (secondary N) is 1. The maximum atomic E-state index is 10.8. The van der Waals surface area contributed by atoms with Crippen molar-refractivity contribution in [2.75, 3.05) is 5.32 Å². The lowest BCUT2D eigenvalue weighted by Gasteiger charge is -2.08. The highest BCUT2D eigenvalue weighted by Crippen LogP contribution is 2.21. The van der Waals surface area contributed by atoms with Gasteiger partial charge in [0.15, 0.2) is 0 Å². The highest BCUT2D eigenvalue weighted by atomic mass is 35.5. The summed E-state index contributed by atoms with van der Waals surface area (Å²) >= 11 is 5.78. The molecule has 0 aliphatic carbocycles. The van der Waals surface area contributed by atoms with Crippen molar-refractivity contribution in [1.29, 1.82) is 0 Å². The number of nitrogens with zero attached hydrogens (tertiary/aromatic N) is 2. The molecule has 1 heterocycles. The molecule has 1 aromatic heterocycles. The number of rotatable bonds is 4. The summed E-state index contributed by atoms with van der Waals surface area (Å²) in [5.74, 6) is 0.637. The molecular formula is C13H12ClN3O2. The van der Waals surface area contributed by atoms with Gasteiger partial charge in [-0.05, 0) is 24.6 Å². The maximum Gasteiger partial charge on any atom is 0.272 e. The first-order valence-corrected chi connectivity index (χ1v) is 6.05. The van der Waals surface area contributed by atoms with Crippen molar-refractivity contribution in [2.24, 2.45) is 0 Å². The van der Waals surface area contributed by atoms with Crippen LogP contribution in [-0.2, 0) is 6.54 Å². The van der Waals surface area contributed by atoms with Gasteiger partial charge in [0.25, 0.3) is 5.69 Å². The smallest absolute Gasteiger partial charge is 0.272 e. The molecule has 98 valence electrons. The second-order valence-corrected chi connectivity index (χ2v) is 4.40. The summed E-state index contributed by atoms with van der Waals surface area (Å²) in [6, 6.07) is 10.3. The molecule has 19 heavy (non-hydrogen) atoms. The van der Waals surface area contributed by atoms with Gasteiger partial charge in [-0.3, -0.25) is 10.1 Å². The molecule has 0 unspecified atom stereocenters. The number of nitro groups is 1. The van der Waals surface area contributed by atoms with Gasteiger partial charge in [0.05, 0.1) is 4.92 Å². The second-order valence-electron chi connectivity index (χ2n) is 4.02. The molecule has 0 aliphatic heterocycles. The Bertz CT molecular complexity index is 617. The number of hydrogen-bond acceptors (Lipinski definition) is 4. The Kier molecular flexibility index (Phi) is 3.97. The summed E-state index contributed by atoms with van der Waals surface area (Å²) in [6.07, 6.45) is 0. The van der Waals surface area contributed by atoms with Gasteiger partial charge in [-0.2, -0.15) is 0 Å². The topological polar surface area (TPSA) is 68.1 Å². The standard InChI is InChI=1S/C13H12ClN3O2/c1-9-10(4-2-5-11(9)17(18)19)8-15-13-7-3-6-12(14)16-13/h2-7H,8H2,1H3,(H,15,16). The first kappa shape index (κ1) is 13.3. The third-order valence-electron chi connectivity index (χ3n) is 2.79. The van der Waals surface area contributed by atoms with Crippen LogP contribution in [-0.4, -0.2) is 9.91 Å². The van der Waals surface area contributed by atoms with Crippen molar-refractivity contribution in [2.45, 2.75) is 13.5 Å². The third-order valence-corrected chi connectivity index (χ3v) is 3.00. The molecule has 0 aliphatic rings. The van der Waals surface area contributed by atoms with Crippen molar-refractivity contribution in [3.8, 4) is 0 Å². The highest BCUT2D eigenvalue weighted by Gasteiger charge is 2.12. The molecule has 0 saturated heterocycles. The van der Waals surface area contributed by atoms with E-state index < -0.39 is 0 Å². The number of hydrogen-bond donors (Lipinski definition) is 1. The lowest BCUT2D eigenvalue weighted by Crippen LogP contribution is -2.04. The van der Waals surface area contributed by atoms with E-state index in [0.29, 0.717) is 23.1 Å². The molecule has 0 radical (unpaired) electrons. The van der Waals surface area contributed by atoms with Gasteiger partial charge in [0.1, 0.15) is 11.0 Å². The Morgan fingerprint density at radius 3 is 2.74 bits per heavy atom. The number of nitro benzene ring substituents is 1. The zero-order chi connectivity index (χ0) is 13.8.